The van der Waals surface area contributed by atoms with Crippen LogP contribution >= 0.6 is 11.8 Å². The molecule has 2 aromatic carbocycles. The van der Waals surface area contributed by atoms with Crippen LogP contribution in [0.2, 0.25) is 0 Å². The molecule has 0 spiro atoms. The van der Waals surface area contributed by atoms with Gasteiger partial charge in [0.15, 0.2) is 0 Å². The lowest BCUT2D eigenvalue weighted by Crippen LogP contribution is -2.36. The van der Waals surface area contributed by atoms with E-state index in [0.717, 1.165) is 44.3 Å². The Bertz CT molecular complexity index is 849. The van der Waals surface area contributed by atoms with E-state index in [2.05, 4.69) is 13.0 Å². The first-order valence-electron chi connectivity index (χ1n) is 10.8. The number of ether oxygens (including phenoxy) is 1. The maximum absolute atomic E-state index is 11.2. The molecule has 2 aromatic rings. The number of methoxy groups -OCH3 is 1. The van der Waals surface area contributed by atoms with E-state index in [9.17, 15) is 15.0 Å². The Labute approximate surface area is 183 Å². The molecule has 0 radical (unpaired) electrons. The lowest BCUT2D eigenvalue weighted by Gasteiger charge is -2.43. The van der Waals surface area contributed by atoms with E-state index in [4.69, 9.17) is 4.74 Å². The second kappa shape index (κ2) is 10.3. The minimum atomic E-state index is -0.126. The molecular weight excluding hydrogens is 396 g/mol. The van der Waals surface area contributed by atoms with Gasteiger partial charge >= 0.3 is 5.97 Å². The average Bonchev–Trinajstić information content (AvgIpc) is 2.74. The molecule has 0 fully saturated rings. The van der Waals surface area contributed by atoms with Crippen LogP contribution in [0.4, 0.5) is 0 Å². The highest BCUT2D eigenvalue weighted by atomic mass is 32.2. The van der Waals surface area contributed by atoms with E-state index in [0.29, 0.717) is 23.8 Å². The third-order valence-electron chi connectivity index (χ3n) is 6.30. The minimum absolute atomic E-state index is 0.0345. The summed E-state index contributed by atoms with van der Waals surface area (Å²) < 4.78 is 4.70. The van der Waals surface area contributed by atoms with Crippen LogP contribution in [0.3, 0.4) is 0 Å². The van der Waals surface area contributed by atoms with Crippen molar-refractivity contribution in [2.75, 3.05) is 12.9 Å². The smallest absolute Gasteiger partial charge is 0.305 e. The number of rotatable bonds is 9. The zero-order chi connectivity index (χ0) is 21.6. The molecule has 2 N–H and O–H groups in total. The Morgan fingerprint density at radius 2 is 1.70 bits per heavy atom. The summed E-state index contributed by atoms with van der Waals surface area (Å²) in [7, 11) is 1.44. The van der Waals surface area contributed by atoms with Gasteiger partial charge in [-0.2, -0.15) is 0 Å². The normalized spacial score (nSPS) is 20.5. The van der Waals surface area contributed by atoms with Crippen molar-refractivity contribution in [2.24, 2.45) is 0 Å². The number of aromatic hydroxyl groups is 2. The maximum Gasteiger partial charge on any atom is 0.305 e. The van der Waals surface area contributed by atoms with Gasteiger partial charge in [-0.25, -0.2) is 0 Å². The van der Waals surface area contributed by atoms with Gasteiger partial charge in [0.05, 0.1) is 7.11 Å². The number of thioether (sulfide) groups is 1. The molecule has 3 rings (SSSR count). The standard InChI is InChI=1S/C25H32O4S/c1-25(18-10-12-19(26)13-11-18)17-30-23-16-20(27)14-15-21(23)22(25)8-6-4-3-5-7-9-24(28)29-2/h10-16,22,26-27H,3-9,17H2,1-2H3/t22-,25-/m1/s1. The highest BCUT2D eigenvalue weighted by molar-refractivity contribution is 7.99. The van der Waals surface area contributed by atoms with Crippen LogP contribution in [-0.4, -0.2) is 29.0 Å². The monoisotopic (exact) mass is 428 g/mol. The molecule has 0 bridgehead atoms. The fraction of sp³-hybridized carbons (Fsp3) is 0.480. The first kappa shape index (κ1) is 22.5. The van der Waals surface area contributed by atoms with E-state index < -0.39 is 0 Å². The summed E-state index contributed by atoms with van der Waals surface area (Å²) in [6.45, 7) is 2.32. The Morgan fingerprint density at radius 3 is 2.43 bits per heavy atom. The van der Waals surface area contributed by atoms with E-state index in [1.807, 2.05) is 18.2 Å². The molecule has 0 aromatic heterocycles. The molecular formula is C25H32O4S. The van der Waals surface area contributed by atoms with Crippen LogP contribution in [0.25, 0.3) is 0 Å². The van der Waals surface area contributed by atoms with Crippen molar-refractivity contribution in [2.45, 2.75) is 68.1 Å². The summed E-state index contributed by atoms with van der Waals surface area (Å²) in [5.41, 5.74) is 2.52. The van der Waals surface area contributed by atoms with Gasteiger partial charge in [0, 0.05) is 22.5 Å². The van der Waals surface area contributed by atoms with Gasteiger partial charge in [0.1, 0.15) is 11.5 Å². The molecule has 4 nitrogen and oxygen atoms in total. The Kier molecular flexibility index (Phi) is 7.70. The number of esters is 1. The van der Waals surface area contributed by atoms with E-state index in [-0.39, 0.29) is 11.4 Å². The van der Waals surface area contributed by atoms with Crippen LogP contribution in [0.1, 0.15) is 68.9 Å². The minimum Gasteiger partial charge on any atom is -0.508 e. The first-order chi connectivity index (χ1) is 14.4. The molecule has 0 amide bonds. The topological polar surface area (TPSA) is 66.8 Å². The molecule has 5 heteroatoms. The number of unbranched alkanes of at least 4 members (excludes halogenated alkanes) is 4. The quantitative estimate of drug-likeness (QED) is 0.370. The zero-order valence-electron chi connectivity index (χ0n) is 17.9. The Hall–Kier alpha value is -2.14. The van der Waals surface area contributed by atoms with Crippen LogP contribution in [0.5, 0.6) is 11.5 Å². The molecule has 0 saturated carbocycles. The van der Waals surface area contributed by atoms with Gasteiger partial charge in [0.25, 0.3) is 0 Å². The molecule has 2 atom stereocenters. The van der Waals surface area contributed by atoms with Crippen molar-refractivity contribution in [1.29, 1.82) is 0 Å². The van der Waals surface area contributed by atoms with Crippen molar-refractivity contribution in [1.82, 2.24) is 0 Å². The third kappa shape index (κ3) is 5.31. The number of fused-ring (bicyclic) bond motifs is 1. The van der Waals surface area contributed by atoms with Crippen molar-refractivity contribution in [3.63, 3.8) is 0 Å². The first-order valence-corrected chi connectivity index (χ1v) is 11.7. The fourth-order valence-electron chi connectivity index (χ4n) is 4.46. The fourth-order valence-corrected chi connectivity index (χ4v) is 5.86. The predicted molar refractivity (Wildman–Crippen MR) is 121 cm³/mol. The van der Waals surface area contributed by atoms with Gasteiger partial charge in [0.2, 0.25) is 0 Å². The second-order valence-electron chi connectivity index (χ2n) is 8.41. The number of hydrogen-bond acceptors (Lipinski definition) is 5. The summed E-state index contributed by atoms with van der Waals surface area (Å²) in [5, 5.41) is 19.7. The van der Waals surface area contributed by atoms with Gasteiger partial charge in [-0.05, 0) is 54.2 Å². The van der Waals surface area contributed by atoms with E-state index in [1.54, 1.807) is 30.0 Å². The van der Waals surface area contributed by atoms with E-state index in [1.165, 1.54) is 23.1 Å². The number of carbonyl (C=O) groups is 1. The molecule has 1 aliphatic heterocycles. The van der Waals surface area contributed by atoms with E-state index >= 15 is 0 Å². The summed E-state index contributed by atoms with van der Waals surface area (Å²) >= 11 is 1.80. The van der Waals surface area contributed by atoms with Crippen LogP contribution < -0.4 is 0 Å². The molecule has 30 heavy (non-hydrogen) atoms. The van der Waals surface area contributed by atoms with Crippen LogP contribution in [0.15, 0.2) is 47.4 Å². The summed E-state index contributed by atoms with van der Waals surface area (Å²) in [6.07, 6.45) is 6.91. The second-order valence-corrected chi connectivity index (χ2v) is 9.43. The lowest BCUT2D eigenvalue weighted by molar-refractivity contribution is -0.140. The Balaban J connectivity index is 1.69. The Morgan fingerprint density at radius 1 is 1.03 bits per heavy atom. The number of carbonyl (C=O) groups excluding carboxylic acids is 1. The third-order valence-corrected chi connectivity index (χ3v) is 7.71. The van der Waals surface area contributed by atoms with Crippen molar-refractivity contribution in [3.05, 3.63) is 53.6 Å². The summed E-state index contributed by atoms with van der Waals surface area (Å²) in [4.78, 5) is 12.4. The molecule has 0 unspecified atom stereocenters. The van der Waals surface area contributed by atoms with Crippen molar-refractivity contribution in [3.8, 4) is 11.5 Å². The maximum atomic E-state index is 11.2. The summed E-state index contributed by atoms with van der Waals surface area (Å²) in [6, 6.07) is 13.4. The highest BCUT2D eigenvalue weighted by Gasteiger charge is 2.41. The van der Waals surface area contributed by atoms with Gasteiger partial charge in [-0.3, -0.25) is 4.79 Å². The SMILES string of the molecule is COC(=O)CCCCCCC[C@@H]1c2ccc(O)cc2SC[C@]1(C)c1ccc(O)cc1. The van der Waals surface area contributed by atoms with Crippen LogP contribution in [0, 0.1) is 0 Å². The molecule has 1 heterocycles. The molecule has 0 saturated heterocycles. The largest absolute Gasteiger partial charge is 0.508 e. The van der Waals surface area contributed by atoms with Crippen molar-refractivity contribution < 1.29 is 19.7 Å². The lowest BCUT2D eigenvalue weighted by atomic mass is 9.68. The zero-order valence-corrected chi connectivity index (χ0v) is 18.7. The summed E-state index contributed by atoms with van der Waals surface area (Å²) in [5.74, 6) is 1.78. The number of phenols is 2. The highest BCUT2D eigenvalue weighted by Crippen LogP contribution is 2.52. The van der Waals surface area contributed by atoms with Gasteiger partial charge in [-0.15, -0.1) is 11.8 Å². The average molecular weight is 429 g/mol. The van der Waals surface area contributed by atoms with Gasteiger partial charge < -0.3 is 14.9 Å². The molecule has 1 aliphatic rings. The molecule has 0 aliphatic carbocycles. The predicted octanol–water partition coefficient (Wildman–Crippen LogP) is 6.15. The number of hydrogen-bond donors (Lipinski definition) is 2. The molecule has 162 valence electrons. The van der Waals surface area contributed by atoms with Crippen LogP contribution in [-0.2, 0) is 14.9 Å². The number of phenolic OH excluding ortho intramolecular Hbond substituents is 2. The van der Waals surface area contributed by atoms with Crippen molar-refractivity contribution >= 4 is 17.7 Å². The van der Waals surface area contributed by atoms with Gasteiger partial charge in [-0.1, -0.05) is 50.8 Å². The number of benzene rings is 2.